The smallest absolute Gasteiger partial charge is 0.305 e. The first kappa shape index (κ1) is 8.53. The Balaban J connectivity index is 2.59. The first-order chi connectivity index (χ1) is 4.87. The van der Waals surface area contributed by atoms with Gasteiger partial charge in [-0.1, -0.05) is 6.92 Å². The van der Waals surface area contributed by atoms with Crippen molar-refractivity contribution in [3.63, 3.8) is 0 Å². The second kappa shape index (κ2) is 2.21. The minimum Gasteiger partial charge on any atom is -0.481 e. The Kier molecular flexibility index (Phi) is 1.71. The summed E-state index contributed by atoms with van der Waals surface area (Å²) in [6.07, 6.45) is 2.20. The molecule has 0 aromatic rings. The molecule has 0 spiro atoms. The van der Waals surface area contributed by atoms with Crippen molar-refractivity contribution in [1.29, 1.82) is 0 Å². The summed E-state index contributed by atoms with van der Waals surface area (Å²) in [6.45, 7) is 3.88. The molecule has 0 bridgehead atoms. The summed E-state index contributed by atoms with van der Waals surface area (Å²) in [5.74, 6) is -0.803. The SMILES string of the molecule is CC(N)(CC(=O)O)C1(C)CC1. The Morgan fingerprint density at radius 1 is 1.73 bits per heavy atom. The van der Waals surface area contributed by atoms with Gasteiger partial charge in [0.1, 0.15) is 0 Å². The molecular weight excluding hydrogens is 142 g/mol. The van der Waals surface area contributed by atoms with Crippen molar-refractivity contribution in [2.75, 3.05) is 0 Å². The molecule has 0 heterocycles. The first-order valence-corrected chi connectivity index (χ1v) is 3.88. The number of carbonyl (C=O) groups is 1. The van der Waals surface area contributed by atoms with E-state index in [1.807, 2.05) is 6.92 Å². The van der Waals surface area contributed by atoms with Crippen LogP contribution in [0.1, 0.15) is 33.1 Å². The number of nitrogens with two attached hydrogens (primary N) is 1. The fraction of sp³-hybridized carbons (Fsp3) is 0.875. The van der Waals surface area contributed by atoms with E-state index in [0.717, 1.165) is 12.8 Å². The highest BCUT2D eigenvalue weighted by Gasteiger charge is 2.51. The molecule has 64 valence electrons. The molecule has 1 aliphatic rings. The number of hydrogen-bond donors (Lipinski definition) is 2. The van der Waals surface area contributed by atoms with Gasteiger partial charge in [-0.15, -0.1) is 0 Å². The van der Waals surface area contributed by atoms with E-state index in [0.29, 0.717) is 0 Å². The normalized spacial score (nSPS) is 25.7. The van der Waals surface area contributed by atoms with Crippen LogP contribution in [0.25, 0.3) is 0 Å². The van der Waals surface area contributed by atoms with Gasteiger partial charge in [-0.25, -0.2) is 0 Å². The summed E-state index contributed by atoms with van der Waals surface area (Å²) in [5, 5.41) is 8.56. The van der Waals surface area contributed by atoms with Crippen LogP contribution in [-0.4, -0.2) is 16.6 Å². The maximum atomic E-state index is 10.4. The molecule has 3 N–H and O–H groups in total. The molecule has 0 saturated heterocycles. The van der Waals surface area contributed by atoms with Crippen LogP contribution in [-0.2, 0) is 4.79 Å². The quantitative estimate of drug-likeness (QED) is 0.641. The summed E-state index contributed by atoms with van der Waals surface area (Å²) in [6, 6.07) is 0. The molecule has 3 heteroatoms. The van der Waals surface area contributed by atoms with Crippen LogP contribution in [0, 0.1) is 5.41 Å². The zero-order valence-electron chi connectivity index (χ0n) is 7.05. The molecular formula is C8H15NO2. The summed E-state index contributed by atoms with van der Waals surface area (Å²) in [7, 11) is 0. The predicted octanol–water partition coefficient (Wildman–Crippen LogP) is 0.979. The Labute approximate surface area is 66.6 Å². The van der Waals surface area contributed by atoms with E-state index in [1.165, 1.54) is 0 Å². The van der Waals surface area contributed by atoms with E-state index in [1.54, 1.807) is 0 Å². The minimum atomic E-state index is -0.803. The average molecular weight is 157 g/mol. The Morgan fingerprint density at radius 3 is 2.45 bits per heavy atom. The molecule has 11 heavy (non-hydrogen) atoms. The zero-order valence-corrected chi connectivity index (χ0v) is 7.05. The van der Waals surface area contributed by atoms with Crippen molar-refractivity contribution < 1.29 is 9.90 Å². The van der Waals surface area contributed by atoms with Gasteiger partial charge in [-0.3, -0.25) is 4.79 Å². The number of aliphatic carboxylic acids is 1. The van der Waals surface area contributed by atoms with Crippen molar-refractivity contribution in [2.24, 2.45) is 11.1 Å². The lowest BCUT2D eigenvalue weighted by Crippen LogP contribution is -2.46. The standard InChI is InChI=1S/C8H15NO2/c1-7(3-4-7)8(2,9)5-6(10)11/h3-5,9H2,1-2H3,(H,10,11). The van der Waals surface area contributed by atoms with Crippen LogP contribution in [0.2, 0.25) is 0 Å². The molecule has 0 aliphatic heterocycles. The maximum Gasteiger partial charge on any atom is 0.305 e. The lowest BCUT2D eigenvalue weighted by Gasteiger charge is -2.29. The highest BCUT2D eigenvalue weighted by molar-refractivity contribution is 5.68. The van der Waals surface area contributed by atoms with E-state index < -0.39 is 11.5 Å². The topological polar surface area (TPSA) is 63.3 Å². The van der Waals surface area contributed by atoms with E-state index >= 15 is 0 Å². The third-order valence-corrected chi connectivity index (χ3v) is 2.90. The average Bonchev–Trinajstić information content (AvgIpc) is 2.44. The van der Waals surface area contributed by atoms with Crippen LogP contribution in [0.4, 0.5) is 0 Å². The molecule has 1 saturated carbocycles. The van der Waals surface area contributed by atoms with Crippen molar-refractivity contribution in [2.45, 2.75) is 38.6 Å². The molecule has 1 unspecified atom stereocenters. The van der Waals surface area contributed by atoms with Gasteiger partial charge in [0.25, 0.3) is 0 Å². The van der Waals surface area contributed by atoms with Crippen LogP contribution in [0.3, 0.4) is 0 Å². The van der Waals surface area contributed by atoms with Crippen LogP contribution in [0.5, 0.6) is 0 Å². The van der Waals surface area contributed by atoms with Gasteiger partial charge < -0.3 is 10.8 Å². The van der Waals surface area contributed by atoms with Gasteiger partial charge in [0.05, 0.1) is 6.42 Å². The number of carboxylic acid groups (broad SMARTS) is 1. The van der Waals surface area contributed by atoms with Crippen LogP contribution >= 0.6 is 0 Å². The van der Waals surface area contributed by atoms with Gasteiger partial charge in [0.2, 0.25) is 0 Å². The van der Waals surface area contributed by atoms with Crippen molar-refractivity contribution in [1.82, 2.24) is 0 Å². The minimum absolute atomic E-state index is 0.0729. The van der Waals surface area contributed by atoms with Crippen molar-refractivity contribution >= 4 is 5.97 Å². The fourth-order valence-corrected chi connectivity index (χ4v) is 1.29. The summed E-state index contributed by atoms with van der Waals surface area (Å²) in [5.41, 5.74) is 5.42. The molecule has 0 amide bonds. The third-order valence-electron chi connectivity index (χ3n) is 2.90. The van der Waals surface area contributed by atoms with E-state index in [-0.39, 0.29) is 11.8 Å². The fourth-order valence-electron chi connectivity index (χ4n) is 1.29. The highest BCUT2D eigenvalue weighted by Crippen LogP contribution is 2.53. The van der Waals surface area contributed by atoms with Crippen molar-refractivity contribution in [3.8, 4) is 0 Å². The third kappa shape index (κ3) is 1.53. The highest BCUT2D eigenvalue weighted by atomic mass is 16.4. The molecule has 1 aliphatic carbocycles. The van der Waals surface area contributed by atoms with Gasteiger partial charge in [-0.2, -0.15) is 0 Å². The predicted molar refractivity (Wildman–Crippen MR) is 42.2 cm³/mol. The second-order valence-corrected chi connectivity index (χ2v) is 4.05. The second-order valence-electron chi connectivity index (χ2n) is 4.05. The van der Waals surface area contributed by atoms with E-state index in [9.17, 15) is 4.79 Å². The number of rotatable bonds is 3. The molecule has 0 aromatic carbocycles. The number of carboxylic acids is 1. The molecule has 1 atom stereocenters. The summed E-state index contributed by atoms with van der Waals surface area (Å²) in [4.78, 5) is 10.4. The molecule has 3 nitrogen and oxygen atoms in total. The van der Waals surface area contributed by atoms with E-state index in [2.05, 4.69) is 6.92 Å². The van der Waals surface area contributed by atoms with E-state index in [4.69, 9.17) is 10.8 Å². The zero-order chi connectivity index (χ0) is 8.70. The largest absolute Gasteiger partial charge is 0.481 e. The number of hydrogen-bond acceptors (Lipinski definition) is 2. The first-order valence-electron chi connectivity index (χ1n) is 3.88. The van der Waals surface area contributed by atoms with Crippen LogP contribution in [0.15, 0.2) is 0 Å². The van der Waals surface area contributed by atoms with Gasteiger partial charge >= 0.3 is 5.97 Å². The van der Waals surface area contributed by atoms with Crippen LogP contribution < -0.4 is 5.73 Å². The Bertz CT molecular complexity index is 183. The lowest BCUT2D eigenvalue weighted by atomic mass is 9.82. The van der Waals surface area contributed by atoms with Gasteiger partial charge in [0, 0.05) is 5.54 Å². The molecule has 1 fully saturated rings. The Morgan fingerprint density at radius 2 is 2.18 bits per heavy atom. The molecule has 0 radical (unpaired) electrons. The lowest BCUT2D eigenvalue weighted by molar-refractivity contribution is -0.138. The van der Waals surface area contributed by atoms with Gasteiger partial charge in [0.15, 0.2) is 0 Å². The maximum absolute atomic E-state index is 10.4. The molecule has 0 aromatic heterocycles. The monoisotopic (exact) mass is 157 g/mol. The van der Waals surface area contributed by atoms with Crippen molar-refractivity contribution in [3.05, 3.63) is 0 Å². The van der Waals surface area contributed by atoms with Gasteiger partial charge in [-0.05, 0) is 25.2 Å². The summed E-state index contributed by atoms with van der Waals surface area (Å²) < 4.78 is 0. The molecule has 1 rings (SSSR count). The summed E-state index contributed by atoms with van der Waals surface area (Å²) >= 11 is 0. The Hall–Kier alpha value is -0.570.